The normalized spacial score (nSPS) is 34.6. The Bertz CT molecular complexity index is 219. The average Bonchev–Trinajstić information content (AvgIpc) is 2.36. The molecule has 1 saturated heterocycles. The van der Waals surface area contributed by atoms with Gasteiger partial charge >= 0.3 is 0 Å². The molecule has 0 bridgehead atoms. The Labute approximate surface area is 104 Å². The summed E-state index contributed by atoms with van der Waals surface area (Å²) in [5, 5.41) is 3.28. The standard InChI is InChI=1S/C13H25NO3/c1-3-16-13-11(14-2)8-12(13)17-9-10-4-6-15-7-5-10/h10-14H,3-9H2,1-2H3. The van der Waals surface area contributed by atoms with E-state index in [0.717, 1.165) is 45.7 Å². The van der Waals surface area contributed by atoms with Crippen LogP contribution < -0.4 is 5.32 Å². The first-order valence-electron chi connectivity index (χ1n) is 6.83. The number of nitrogens with one attached hydrogen (secondary N) is 1. The van der Waals surface area contributed by atoms with Gasteiger partial charge in [0.25, 0.3) is 0 Å². The van der Waals surface area contributed by atoms with Crippen molar-refractivity contribution in [2.24, 2.45) is 5.92 Å². The lowest BCUT2D eigenvalue weighted by atomic mass is 9.85. The number of likely N-dealkylation sites (N-methyl/N-ethyl adjacent to an activating group) is 1. The van der Waals surface area contributed by atoms with Crippen molar-refractivity contribution in [3.63, 3.8) is 0 Å². The highest BCUT2D eigenvalue weighted by Crippen LogP contribution is 2.28. The largest absolute Gasteiger partial charge is 0.381 e. The first kappa shape index (κ1) is 13.3. The zero-order valence-corrected chi connectivity index (χ0v) is 11.0. The fourth-order valence-corrected chi connectivity index (χ4v) is 2.62. The fraction of sp³-hybridized carbons (Fsp3) is 1.00. The Morgan fingerprint density at radius 1 is 1.24 bits per heavy atom. The molecular weight excluding hydrogens is 218 g/mol. The van der Waals surface area contributed by atoms with Crippen molar-refractivity contribution < 1.29 is 14.2 Å². The molecule has 1 aliphatic heterocycles. The highest BCUT2D eigenvalue weighted by atomic mass is 16.5. The van der Waals surface area contributed by atoms with E-state index in [9.17, 15) is 0 Å². The molecule has 3 atom stereocenters. The summed E-state index contributed by atoms with van der Waals surface area (Å²) in [7, 11) is 1.99. The predicted molar refractivity (Wildman–Crippen MR) is 66.2 cm³/mol. The predicted octanol–water partition coefficient (Wildman–Crippen LogP) is 1.19. The van der Waals surface area contributed by atoms with Gasteiger partial charge in [0.15, 0.2) is 0 Å². The number of hydrogen-bond acceptors (Lipinski definition) is 4. The van der Waals surface area contributed by atoms with Gasteiger partial charge < -0.3 is 19.5 Å². The molecule has 4 heteroatoms. The molecule has 17 heavy (non-hydrogen) atoms. The molecule has 1 N–H and O–H groups in total. The van der Waals surface area contributed by atoms with Crippen molar-refractivity contribution in [3.05, 3.63) is 0 Å². The van der Waals surface area contributed by atoms with Crippen molar-refractivity contribution in [2.45, 2.75) is 44.4 Å². The molecule has 2 rings (SSSR count). The van der Waals surface area contributed by atoms with Gasteiger partial charge in [0, 0.05) is 25.9 Å². The summed E-state index contributed by atoms with van der Waals surface area (Å²) in [5.41, 5.74) is 0. The molecule has 2 fully saturated rings. The summed E-state index contributed by atoms with van der Waals surface area (Å²) in [6.45, 7) is 5.47. The second-order valence-electron chi connectivity index (χ2n) is 4.98. The topological polar surface area (TPSA) is 39.7 Å². The van der Waals surface area contributed by atoms with Gasteiger partial charge in [0.2, 0.25) is 0 Å². The molecule has 0 aromatic rings. The molecule has 0 aromatic carbocycles. The van der Waals surface area contributed by atoms with Crippen molar-refractivity contribution in [1.29, 1.82) is 0 Å². The summed E-state index contributed by atoms with van der Waals surface area (Å²) in [6, 6.07) is 0.467. The van der Waals surface area contributed by atoms with E-state index < -0.39 is 0 Å². The van der Waals surface area contributed by atoms with Crippen molar-refractivity contribution in [2.75, 3.05) is 33.5 Å². The summed E-state index contributed by atoms with van der Waals surface area (Å²) < 4.78 is 17.1. The summed E-state index contributed by atoms with van der Waals surface area (Å²) in [5.74, 6) is 0.680. The van der Waals surface area contributed by atoms with Crippen LogP contribution in [0.1, 0.15) is 26.2 Å². The van der Waals surface area contributed by atoms with E-state index in [-0.39, 0.29) is 12.2 Å². The zero-order valence-electron chi connectivity index (χ0n) is 11.0. The Kier molecular flexibility index (Phi) is 5.22. The Hall–Kier alpha value is -0.160. The fourth-order valence-electron chi connectivity index (χ4n) is 2.62. The molecule has 0 amide bonds. The number of rotatable bonds is 6. The highest BCUT2D eigenvalue weighted by Gasteiger charge is 2.42. The Balaban J connectivity index is 1.68. The van der Waals surface area contributed by atoms with Gasteiger partial charge in [0.05, 0.1) is 18.8 Å². The molecule has 4 nitrogen and oxygen atoms in total. The average molecular weight is 243 g/mol. The molecule has 0 radical (unpaired) electrons. The lowest BCUT2D eigenvalue weighted by molar-refractivity contribution is -0.152. The van der Waals surface area contributed by atoms with Crippen LogP contribution in [0.5, 0.6) is 0 Å². The maximum atomic E-state index is 5.99. The van der Waals surface area contributed by atoms with Crippen molar-refractivity contribution in [3.8, 4) is 0 Å². The van der Waals surface area contributed by atoms with E-state index in [1.807, 2.05) is 14.0 Å². The van der Waals surface area contributed by atoms with Crippen LogP contribution in [0.25, 0.3) is 0 Å². The van der Waals surface area contributed by atoms with E-state index in [2.05, 4.69) is 5.32 Å². The number of ether oxygens (including phenoxy) is 3. The molecule has 2 aliphatic rings. The first-order chi connectivity index (χ1) is 8.35. The molecule has 1 heterocycles. The van der Waals surface area contributed by atoms with Crippen LogP contribution in [-0.4, -0.2) is 51.7 Å². The number of hydrogen-bond donors (Lipinski definition) is 1. The van der Waals surface area contributed by atoms with Crippen LogP contribution in [0.3, 0.4) is 0 Å². The highest BCUT2D eigenvalue weighted by molar-refractivity contribution is 4.96. The molecule has 1 saturated carbocycles. The van der Waals surface area contributed by atoms with Gasteiger partial charge in [0.1, 0.15) is 0 Å². The van der Waals surface area contributed by atoms with Gasteiger partial charge in [-0.15, -0.1) is 0 Å². The van der Waals surface area contributed by atoms with Gasteiger partial charge in [-0.3, -0.25) is 0 Å². The van der Waals surface area contributed by atoms with Gasteiger partial charge in [-0.25, -0.2) is 0 Å². The van der Waals surface area contributed by atoms with Crippen LogP contribution in [0.2, 0.25) is 0 Å². The quantitative estimate of drug-likeness (QED) is 0.761. The van der Waals surface area contributed by atoms with E-state index in [1.54, 1.807) is 0 Å². The Morgan fingerprint density at radius 3 is 2.65 bits per heavy atom. The molecule has 3 unspecified atom stereocenters. The van der Waals surface area contributed by atoms with Crippen LogP contribution in [0.15, 0.2) is 0 Å². The summed E-state index contributed by atoms with van der Waals surface area (Å²) >= 11 is 0. The van der Waals surface area contributed by atoms with E-state index >= 15 is 0 Å². The monoisotopic (exact) mass is 243 g/mol. The minimum atomic E-state index is 0.241. The Morgan fingerprint density at radius 2 is 2.00 bits per heavy atom. The van der Waals surface area contributed by atoms with Gasteiger partial charge in [-0.05, 0) is 39.2 Å². The molecule has 100 valence electrons. The maximum absolute atomic E-state index is 5.99. The minimum absolute atomic E-state index is 0.241. The second kappa shape index (κ2) is 6.69. The van der Waals surface area contributed by atoms with Gasteiger partial charge in [-0.2, -0.15) is 0 Å². The zero-order chi connectivity index (χ0) is 12.1. The molecule has 1 aliphatic carbocycles. The summed E-state index contributed by atoms with van der Waals surface area (Å²) in [4.78, 5) is 0. The third-order valence-corrected chi connectivity index (χ3v) is 3.87. The van der Waals surface area contributed by atoms with E-state index in [1.165, 1.54) is 0 Å². The maximum Gasteiger partial charge on any atom is 0.0990 e. The van der Waals surface area contributed by atoms with Crippen molar-refractivity contribution >= 4 is 0 Å². The third kappa shape index (κ3) is 3.41. The van der Waals surface area contributed by atoms with E-state index in [4.69, 9.17) is 14.2 Å². The lowest BCUT2D eigenvalue weighted by Gasteiger charge is -2.44. The first-order valence-corrected chi connectivity index (χ1v) is 6.83. The minimum Gasteiger partial charge on any atom is -0.381 e. The molecular formula is C13H25NO3. The van der Waals surface area contributed by atoms with E-state index in [0.29, 0.717) is 12.0 Å². The van der Waals surface area contributed by atoms with Gasteiger partial charge in [-0.1, -0.05) is 0 Å². The molecule has 0 spiro atoms. The SMILES string of the molecule is CCOC1C(NC)CC1OCC1CCOCC1. The smallest absolute Gasteiger partial charge is 0.0990 e. The summed E-state index contributed by atoms with van der Waals surface area (Å²) in [6.07, 6.45) is 3.88. The van der Waals surface area contributed by atoms with Crippen LogP contribution in [0, 0.1) is 5.92 Å². The van der Waals surface area contributed by atoms with Crippen LogP contribution in [0.4, 0.5) is 0 Å². The van der Waals surface area contributed by atoms with Crippen LogP contribution in [-0.2, 0) is 14.2 Å². The second-order valence-corrected chi connectivity index (χ2v) is 4.98. The lowest BCUT2D eigenvalue weighted by Crippen LogP contribution is -2.59. The molecule has 0 aromatic heterocycles. The third-order valence-electron chi connectivity index (χ3n) is 3.87. The van der Waals surface area contributed by atoms with Crippen molar-refractivity contribution in [1.82, 2.24) is 5.32 Å². The van der Waals surface area contributed by atoms with Crippen LogP contribution >= 0.6 is 0 Å².